The van der Waals surface area contributed by atoms with Crippen molar-refractivity contribution >= 4 is 34.7 Å². The van der Waals surface area contributed by atoms with Crippen LogP contribution in [0.4, 0.5) is 5.69 Å². The van der Waals surface area contributed by atoms with Crippen molar-refractivity contribution in [2.75, 3.05) is 7.05 Å². The van der Waals surface area contributed by atoms with Crippen LogP contribution in [-0.2, 0) is 6.54 Å². The molecular weight excluding hydrogens is 380 g/mol. The highest BCUT2D eigenvalue weighted by molar-refractivity contribution is 6.60. The Morgan fingerprint density at radius 1 is 1.33 bits per heavy atom. The SMILES string of the molecule is C=C1/C(=N\C(=N/C)NCc2cccnc2)C(NC2CC2)=Nc2cc(C(=O)O)ccc21. The summed E-state index contributed by atoms with van der Waals surface area (Å²) in [4.78, 5) is 29.1. The van der Waals surface area contributed by atoms with Crippen molar-refractivity contribution in [1.82, 2.24) is 15.6 Å². The van der Waals surface area contributed by atoms with Gasteiger partial charge in [-0.2, -0.15) is 0 Å². The third-order valence-corrected chi connectivity index (χ3v) is 4.83. The number of hydrogen-bond donors (Lipinski definition) is 3. The summed E-state index contributed by atoms with van der Waals surface area (Å²) in [6, 6.07) is 9.02. The number of pyridine rings is 1. The van der Waals surface area contributed by atoms with Crippen molar-refractivity contribution in [1.29, 1.82) is 0 Å². The van der Waals surface area contributed by atoms with E-state index in [1.54, 1.807) is 37.6 Å². The van der Waals surface area contributed by atoms with Crippen LogP contribution < -0.4 is 10.6 Å². The first-order valence-corrected chi connectivity index (χ1v) is 9.66. The summed E-state index contributed by atoms with van der Waals surface area (Å²) in [6.45, 7) is 4.74. The van der Waals surface area contributed by atoms with Crippen LogP contribution in [0.2, 0.25) is 0 Å². The molecule has 1 saturated carbocycles. The van der Waals surface area contributed by atoms with Gasteiger partial charge in [0, 0.05) is 43.2 Å². The van der Waals surface area contributed by atoms with E-state index in [0.29, 0.717) is 41.4 Å². The van der Waals surface area contributed by atoms with Crippen LogP contribution in [0.3, 0.4) is 0 Å². The summed E-state index contributed by atoms with van der Waals surface area (Å²) in [6.07, 6.45) is 5.64. The van der Waals surface area contributed by atoms with Gasteiger partial charge in [-0.15, -0.1) is 0 Å². The molecule has 2 aliphatic rings. The number of fused-ring (bicyclic) bond motifs is 1. The molecule has 30 heavy (non-hydrogen) atoms. The monoisotopic (exact) mass is 402 g/mol. The lowest BCUT2D eigenvalue weighted by atomic mass is 9.95. The number of amidine groups is 1. The molecule has 3 N–H and O–H groups in total. The summed E-state index contributed by atoms with van der Waals surface area (Å²) in [7, 11) is 1.67. The van der Waals surface area contributed by atoms with Crippen molar-refractivity contribution in [3.8, 4) is 0 Å². The molecule has 8 nitrogen and oxygen atoms in total. The Balaban J connectivity index is 1.65. The third kappa shape index (κ3) is 4.27. The van der Waals surface area contributed by atoms with Crippen LogP contribution in [-0.4, -0.2) is 46.7 Å². The van der Waals surface area contributed by atoms with Gasteiger partial charge >= 0.3 is 5.97 Å². The second kappa shape index (κ2) is 8.28. The Bertz CT molecular complexity index is 1080. The van der Waals surface area contributed by atoms with Gasteiger partial charge < -0.3 is 15.7 Å². The minimum absolute atomic E-state index is 0.186. The lowest BCUT2D eigenvalue weighted by molar-refractivity contribution is 0.0697. The first-order chi connectivity index (χ1) is 14.5. The minimum atomic E-state index is -0.991. The normalized spacial score (nSPS) is 17.4. The van der Waals surface area contributed by atoms with Gasteiger partial charge in [0.1, 0.15) is 5.71 Å². The van der Waals surface area contributed by atoms with Gasteiger partial charge in [0.05, 0.1) is 11.3 Å². The molecule has 1 aliphatic carbocycles. The largest absolute Gasteiger partial charge is 0.478 e. The fraction of sp³-hybridized carbons (Fsp3) is 0.227. The molecule has 1 aromatic heterocycles. The molecule has 0 spiro atoms. The van der Waals surface area contributed by atoms with Crippen LogP contribution in [0.15, 0.2) is 64.3 Å². The highest BCUT2D eigenvalue weighted by atomic mass is 16.4. The van der Waals surface area contributed by atoms with Crippen molar-refractivity contribution in [2.24, 2.45) is 15.0 Å². The predicted octanol–water partition coefficient (Wildman–Crippen LogP) is 2.81. The van der Waals surface area contributed by atoms with Crippen LogP contribution in [0, 0.1) is 0 Å². The van der Waals surface area contributed by atoms with Crippen molar-refractivity contribution in [3.63, 3.8) is 0 Å². The summed E-state index contributed by atoms with van der Waals surface area (Å²) in [5.41, 5.74) is 3.78. The number of guanidine groups is 1. The van der Waals surface area contributed by atoms with Gasteiger partial charge in [0.15, 0.2) is 5.84 Å². The summed E-state index contributed by atoms with van der Waals surface area (Å²) < 4.78 is 0. The number of rotatable bonds is 4. The summed E-state index contributed by atoms with van der Waals surface area (Å²) in [5, 5.41) is 15.9. The van der Waals surface area contributed by atoms with Gasteiger partial charge in [-0.25, -0.2) is 14.8 Å². The van der Waals surface area contributed by atoms with E-state index in [0.717, 1.165) is 24.0 Å². The predicted molar refractivity (Wildman–Crippen MR) is 118 cm³/mol. The topological polar surface area (TPSA) is 111 Å². The molecule has 0 radical (unpaired) electrons. The van der Waals surface area contributed by atoms with Crippen molar-refractivity contribution in [2.45, 2.75) is 25.4 Å². The zero-order valence-electron chi connectivity index (χ0n) is 16.6. The van der Waals surface area contributed by atoms with Gasteiger partial charge in [-0.3, -0.25) is 9.98 Å². The fourth-order valence-electron chi connectivity index (χ4n) is 3.06. The number of carbonyl (C=O) groups is 1. The van der Waals surface area contributed by atoms with Gasteiger partial charge in [0.2, 0.25) is 5.96 Å². The number of nitrogens with zero attached hydrogens (tertiary/aromatic N) is 4. The van der Waals surface area contributed by atoms with Crippen LogP contribution in [0.1, 0.15) is 34.3 Å². The third-order valence-electron chi connectivity index (χ3n) is 4.83. The molecule has 4 rings (SSSR count). The molecule has 1 aliphatic heterocycles. The average Bonchev–Trinajstić information content (AvgIpc) is 3.57. The number of carboxylic acids is 1. The van der Waals surface area contributed by atoms with E-state index in [4.69, 9.17) is 4.99 Å². The van der Waals surface area contributed by atoms with Gasteiger partial charge in [-0.05, 0) is 36.6 Å². The summed E-state index contributed by atoms with van der Waals surface area (Å²) in [5.74, 6) is 0.0440. The first kappa shape index (κ1) is 19.5. The van der Waals surface area contributed by atoms with Crippen molar-refractivity contribution < 1.29 is 9.90 Å². The van der Waals surface area contributed by atoms with E-state index in [9.17, 15) is 9.90 Å². The molecule has 2 aromatic rings. The van der Waals surface area contributed by atoms with Gasteiger partial charge in [-0.1, -0.05) is 18.7 Å². The Kier molecular flexibility index (Phi) is 5.38. The molecule has 0 atom stereocenters. The zero-order chi connectivity index (χ0) is 21.1. The van der Waals surface area contributed by atoms with Crippen LogP contribution in [0.25, 0.3) is 5.57 Å². The quantitative estimate of drug-likeness (QED) is 0.538. The van der Waals surface area contributed by atoms with E-state index < -0.39 is 5.97 Å². The lowest BCUT2D eigenvalue weighted by Crippen LogP contribution is -2.36. The first-order valence-electron chi connectivity index (χ1n) is 9.66. The number of carboxylic acid groups (broad SMARTS) is 1. The molecular formula is C22H22N6O2. The molecule has 1 fully saturated rings. The Morgan fingerprint density at radius 3 is 2.83 bits per heavy atom. The average molecular weight is 402 g/mol. The van der Waals surface area contributed by atoms with E-state index in [1.807, 2.05) is 12.1 Å². The highest BCUT2D eigenvalue weighted by Crippen LogP contribution is 2.33. The maximum atomic E-state index is 11.3. The van der Waals surface area contributed by atoms with Gasteiger partial charge in [0.25, 0.3) is 0 Å². The number of benzene rings is 1. The fourth-order valence-corrected chi connectivity index (χ4v) is 3.06. The van der Waals surface area contributed by atoms with E-state index >= 15 is 0 Å². The van der Waals surface area contributed by atoms with Crippen LogP contribution in [0.5, 0.6) is 0 Å². The maximum Gasteiger partial charge on any atom is 0.335 e. The number of nitrogens with one attached hydrogen (secondary N) is 2. The molecule has 8 heteroatoms. The summed E-state index contributed by atoms with van der Waals surface area (Å²) >= 11 is 0. The van der Waals surface area contributed by atoms with E-state index in [2.05, 4.69) is 32.2 Å². The number of aromatic nitrogens is 1. The Labute approximate surface area is 174 Å². The molecule has 0 unspecified atom stereocenters. The van der Waals surface area contributed by atoms with E-state index in [-0.39, 0.29) is 5.56 Å². The number of aliphatic imine (C=N–C) groups is 3. The second-order valence-corrected chi connectivity index (χ2v) is 7.12. The maximum absolute atomic E-state index is 11.3. The molecule has 1 aromatic carbocycles. The molecule has 0 bridgehead atoms. The second-order valence-electron chi connectivity index (χ2n) is 7.12. The van der Waals surface area contributed by atoms with Crippen molar-refractivity contribution in [3.05, 3.63) is 66.0 Å². The Morgan fingerprint density at radius 2 is 2.17 bits per heavy atom. The minimum Gasteiger partial charge on any atom is -0.478 e. The number of hydrogen-bond acceptors (Lipinski definition) is 5. The molecule has 0 saturated heterocycles. The van der Waals surface area contributed by atoms with E-state index in [1.165, 1.54) is 0 Å². The Hall–Kier alpha value is -3.81. The zero-order valence-corrected chi connectivity index (χ0v) is 16.6. The molecule has 152 valence electrons. The standard InChI is InChI=1S/C22H22N6O2/c1-13-17-8-5-15(21(29)30)10-18(17)27-20(26-16-6-7-16)19(13)28-22(23-2)25-12-14-4-3-9-24-11-14/h3-5,8-11,16H,1,6-7,12H2,2H3,(H,23,25)(H,26,27)(H,29,30)/b28-19+. The molecule has 0 amide bonds. The van der Waals surface area contributed by atoms with Crippen LogP contribution >= 0.6 is 0 Å². The number of aromatic carboxylic acids is 1. The smallest absolute Gasteiger partial charge is 0.335 e. The molecule has 2 heterocycles. The highest BCUT2D eigenvalue weighted by Gasteiger charge is 2.29. The lowest BCUT2D eigenvalue weighted by Gasteiger charge is -2.21.